The number of aryl methyl sites for hydroxylation is 2. The van der Waals surface area contributed by atoms with Crippen molar-refractivity contribution in [1.29, 1.82) is 0 Å². The molecule has 1 fully saturated rings. The number of hydrogen-bond acceptors (Lipinski definition) is 4. The number of benzene rings is 3. The van der Waals surface area contributed by atoms with Crippen LogP contribution in [0.15, 0.2) is 60.7 Å². The molecule has 3 aromatic rings. The van der Waals surface area contributed by atoms with E-state index < -0.39 is 4.87 Å². The van der Waals surface area contributed by atoms with Gasteiger partial charge in [-0.25, -0.2) is 4.79 Å². The van der Waals surface area contributed by atoms with Crippen molar-refractivity contribution in [3.63, 3.8) is 0 Å². The van der Waals surface area contributed by atoms with Crippen LogP contribution >= 0.6 is 23.4 Å². The highest BCUT2D eigenvalue weighted by Crippen LogP contribution is 2.55. The van der Waals surface area contributed by atoms with Crippen molar-refractivity contribution in [3.05, 3.63) is 87.9 Å². The Balaban J connectivity index is 1.55. The van der Waals surface area contributed by atoms with Crippen molar-refractivity contribution in [2.75, 3.05) is 29.6 Å². The number of methoxy groups -OCH3 is 1. The van der Waals surface area contributed by atoms with Crippen LogP contribution in [-0.2, 0) is 16.2 Å². The van der Waals surface area contributed by atoms with E-state index in [4.69, 9.17) is 16.3 Å². The van der Waals surface area contributed by atoms with Crippen LogP contribution < -0.4 is 15.0 Å². The zero-order valence-electron chi connectivity index (χ0n) is 19.8. The van der Waals surface area contributed by atoms with Crippen molar-refractivity contribution in [1.82, 2.24) is 4.90 Å². The number of amides is 3. The fraction of sp³-hybridized carbons (Fsp3) is 0.259. The number of nitrogens with one attached hydrogen (secondary N) is 1. The molecule has 180 valence electrons. The van der Waals surface area contributed by atoms with Gasteiger partial charge in [-0.05, 0) is 60.9 Å². The lowest BCUT2D eigenvalue weighted by Gasteiger charge is -2.33. The second-order valence-electron chi connectivity index (χ2n) is 8.74. The average Bonchev–Trinajstić information content (AvgIpc) is 3.39. The summed E-state index contributed by atoms with van der Waals surface area (Å²) in [5.74, 6) is 1.17. The monoisotopic (exact) mass is 507 g/mol. The van der Waals surface area contributed by atoms with Crippen molar-refractivity contribution in [3.8, 4) is 5.75 Å². The number of anilines is 2. The van der Waals surface area contributed by atoms with Gasteiger partial charge < -0.3 is 15.0 Å². The molecule has 2 heterocycles. The van der Waals surface area contributed by atoms with Gasteiger partial charge in [0.2, 0.25) is 0 Å². The van der Waals surface area contributed by atoms with Gasteiger partial charge in [0.05, 0.1) is 19.3 Å². The van der Waals surface area contributed by atoms with E-state index in [-0.39, 0.29) is 11.9 Å². The summed E-state index contributed by atoms with van der Waals surface area (Å²) in [4.78, 5) is 30.0. The van der Waals surface area contributed by atoms with Crippen molar-refractivity contribution in [2.45, 2.75) is 25.3 Å². The predicted molar refractivity (Wildman–Crippen MR) is 141 cm³/mol. The first-order valence-electron chi connectivity index (χ1n) is 11.4. The van der Waals surface area contributed by atoms with Gasteiger partial charge in [0.15, 0.2) is 4.87 Å². The number of urea groups is 1. The second-order valence-corrected chi connectivity index (χ2v) is 10.4. The fourth-order valence-corrected chi connectivity index (χ4v) is 6.33. The van der Waals surface area contributed by atoms with Crippen LogP contribution in [0.5, 0.6) is 5.75 Å². The molecule has 1 N–H and O–H groups in total. The molecule has 8 heteroatoms. The summed E-state index contributed by atoms with van der Waals surface area (Å²) in [5.41, 5.74) is 5.26. The minimum absolute atomic E-state index is 0.122. The Bertz CT molecular complexity index is 1330. The fourth-order valence-electron chi connectivity index (χ4n) is 4.70. The van der Waals surface area contributed by atoms with Crippen molar-refractivity contribution in [2.24, 2.45) is 0 Å². The largest absolute Gasteiger partial charge is 0.497 e. The maximum Gasteiger partial charge on any atom is 0.323 e. The minimum atomic E-state index is -1.16. The molecular weight excluding hydrogens is 482 g/mol. The van der Waals surface area contributed by atoms with Gasteiger partial charge in [-0.3, -0.25) is 9.69 Å². The summed E-state index contributed by atoms with van der Waals surface area (Å²) in [6, 6.07) is 18.7. The summed E-state index contributed by atoms with van der Waals surface area (Å²) in [7, 11) is 1.60. The van der Waals surface area contributed by atoms with E-state index in [2.05, 4.69) is 5.32 Å². The number of hydrogen-bond donors (Lipinski definition) is 1. The molecule has 35 heavy (non-hydrogen) atoms. The Morgan fingerprint density at radius 2 is 1.91 bits per heavy atom. The molecule has 0 bridgehead atoms. The van der Waals surface area contributed by atoms with E-state index in [0.717, 1.165) is 27.9 Å². The number of fused-ring (bicyclic) bond motifs is 2. The number of carbonyl (C=O) groups is 2. The smallest absolute Gasteiger partial charge is 0.323 e. The number of carbonyl (C=O) groups excluding carboxylic acids is 2. The Labute approximate surface area is 214 Å². The van der Waals surface area contributed by atoms with Crippen molar-refractivity contribution >= 4 is 46.7 Å². The van der Waals surface area contributed by atoms with Crippen LogP contribution in [0, 0.1) is 13.8 Å². The highest BCUT2D eigenvalue weighted by molar-refractivity contribution is 8.01. The molecule has 3 amide bonds. The normalized spacial score (nSPS) is 18.8. The molecule has 5 rings (SSSR count). The number of thioether (sulfide) groups is 1. The minimum Gasteiger partial charge on any atom is -0.497 e. The first-order valence-corrected chi connectivity index (χ1v) is 12.7. The Morgan fingerprint density at radius 3 is 2.66 bits per heavy atom. The number of nitrogens with zero attached hydrogens (tertiary/aromatic N) is 2. The predicted octanol–water partition coefficient (Wildman–Crippen LogP) is 5.95. The highest BCUT2D eigenvalue weighted by Gasteiger charge is 2.59. The molecule has 0 aromatic heterocycles. The van der Waals surface area contributed by atoms with Gasteiger partial charge in [0.1, 0.15) is 5.75 Å². The summed E-state index contributed by atoms with van der Waals surface area (Å²) in [6.45, 7) is 4.81. The summed E-state index contributed by atoms with van der Waals surface area (Å²) >= 11 is 7.75. The summed E-state index contributed by atoms with van der Waals surface area (Å²) < 4.78 is 5.49. The molecule has 0 unspecified atom stereocenters. The van der Waals surface area contributed by atoms with Crippen LogP contribution in [-0.4, -0.2) is 36.2 Å². The van der Waals surface area contributed by atoms with E-state index in [1.807, 2.05) is 68.4 Å². The molecule has 1 spiro atoms. The van der Waals surface area contributed by atoms with Gasteiger partial charge >= 0.3 is 6.03 Å². The maximum absolute atomic E-state index is 14.2. The Hall–Kier alpha value is -3.16. The zero-order valence-corrected chi connectivity index (χ0v) is 21.4. The van der Waals surface area contributed by atoms with Gasteiger partial charge in [-0.2, -0.15) is 0 Å². The van der Waals surface area contributed by atoms with Gasteiger partial charge in [0.25, 0.3) is 5.91 Å². The molecule has 1 saturated heterocycles. The molecule has 0 aliphatic carbocycles. The molecule has 3 aromatic carbocycles. The second kappa shape index (κ2) is 9.13. The summed E-state index contributed by atoms with van der Waals surface area (Å²) in [5, 5.41) is 3.52. The van der Waals surface area contributed by atoms with Crippen LogP contribution in [0.2, 0.25) is 5.02 Å². The van der Waals surface area contributed by atoms with Crippen LogP contribution in [0.1, 0.15) is 22.3 Å². The quantitative estimate of drug-likeness (QED) is 0.474. The number of halogens is 1. The van der Waals surface area contributed by atoms with Crippen LogP contribution in [0.25, 0.3) is 0 Å². The Kier molecular flexibility index (Phi) is 6.15. The standard InChI is InChI=1S/C27H26ClN3O3S/c1-17-6-4-5-7-19(17)16-30-24-11-10-21(34-3)15-22(24)27(25(30)32)31(12-13-35-27)26(33)29-20-9-8-18(2)23(28)14-20/h4-11,14-15H,12-13,16H2,1-3H3,(H,29,33)/t27-/m1/s1. The molecule has 1 atom stereocenters. The zero-order chi connectivity index (χ0) is 24.7. The van der Waals surface area contributed by atoms with Gasteiger partial charge in [0, 0.05) is 28.6 Å². The molecule has 0 saturated carbocycles. The average molecular weight is 508 g/mol. The molecule has 2 aliphatic heterocycles. The lowest BCUT2D eigenvalue weighted by atomic mass is 10.1. The van der Waals surface area contributed by atoms with Crippen LogP contribution in [0.4, 0.5) is 16.2 Å². The summed E-state index contributed by atoms with van der Waals surface area (Å²) in [6.07, 6.45) is 0. The van der Waals surface area contributed by atoms with E-state index in [0.29, 0.717) is 35.3 Å². The third-order valence-electron chi connectivity index (χ3n) is 6.66. The topological polar surface area (TPSA) is 61.9 Å². The molecular formula is C27H26ClN3O3S. The first-order chi connectivity index (χ1) is 16.8. The highest BCUT2D eigenvalue weighted by atomic mass is 35.5. The van der Waals surface area contributed by atoms with E-state index >= 15 is 0 Å². The van der Waals surface area contributed by atoms with Gasteiger partial charge in [-0.15, -0.1) is 11.8 Å². The van der Waals surface area contributed by atoms with E-state index in [1.165, 1.54) is 11.8 Å². The third-order valence-corrected chi connectivity index (χ3v) is 8.49. The maximum atomic E-state index is 14.2. The molecule has 6 nitrogen and oxygen atoms in total. The molecule has 2 aliphatic rings. The number of ether oxygens (including phenoxy) is 1. The molecule has 0 radical (unpaired) electrons. The van der Waals surface area contributed by atoms with Crippen LogP contribution in [0.3, 0.4) is 0 Å². The van der Waals surface area contributed by atoms with Crippen molar-refractivity contribution < 1.29 is 14.3 Å². The third kappa shape index (κ3) is 3.93. The SMILES string of the molecule is COc1ccc2c(c1)[C@@]1(SCCN1C(=O)Nc1ccc(C)c(Cl)c1)C(=O)N2Cc1ccccc1C. The lowest BCUT2D eigenvalue weighted by molar-refractivity contribution is -0.123. The number of rotatable bonds is 4. The van der Waals surface area contributed by atoms with E-state index in [1.54, 1.807) is 23.0 Å². The lowest BCUT2D eigenvalue weighted by Crippen LogP contribution is -2.51. The first kappa shape index (κ1) is 23.6. The van der Waals surface area contributed by atoms with E-state index in [9.17, 15) is 9.59 Å². The Morgan fingerprint density at radius 1 is 1.11 bits per heavy atom. The van der Waals surface area contributed by atoms with Gasteiger partial charge in [-0.1, -0.05) is 41.9 Å².